The average Bonchev–Trinajstić information content (AvgIpc) is 2.38. The second kappa shape index (κ2) is 6.14. The summed E-state index contributed by atoms with van der Waals surface area (Å²) in [6.45, 7) is 6.42. The topological polar surface area (TPSA) is 15.3 Å². The van der Waals surface area contributed by atoms with Crippen molar-refractivity contribution in [3.63, 3.8) is 0 Å². The smallest absolute Gasteiger partial charge is 0.173 e. The van der Waals surface area contributed by atoms with Crippen molar-refractivity contribution in [2.45, 2.75) is 39.2 Å². The summed E-state index contributed by atoms with van der Waals surface area (Å²) in [5.74, 6) is -0.238. The number of hydrogen-bond donors (Lipinski definition) is 1. The highest BCUT2D eigenvalue weighted by atomic mass is 32.1. The summed E-state index contributed by atoms with van der Waals surface area (Å²) in [5, 5.41) is 4.03. The normalized spacial score (nSPS) is 11.2. The first-order chi connectivity index (χ1) is 8.41. The van der Waals surface area contributed by atoms with E-state index in [4.69, 9.17) is 12.2 Å². The predicted octanol–water partition coefficient (Wildman–Crippen LogP) is 3.72. The fraction of sp³-hybridized carbons (Fsp3) is 0.500. The van der Waals surface area contributed by atoms with Crippen molar-refractivity contribution in [1.29, 1.82) is 0 Å². The van der Waals surface area contributed by atoms with Crippen LogP contribution in [0.25, 0.3) is 0 Å². The molecule has 100 valence electrons. The third kappa shape index (κ3) is 3.67. The maximum atomic E-state index is 12.9. The van der Waals surface area contributed by atoms with E-state index in [-0.39, 0.29) is 11.4 Å². The Morgan fingerprint density at radius 1 is 1.28 bits per heavy atom. The van der Waals surface area contributed by atoms with E-state index in [0.717, 1.165) is 18.5 Å². The van der Waals surface area contributed by atoms with Gasteiger partial charge in [-0.05, 0) is 56.2 Å². The van der Waals surface area contributed by atoms with Gasteiger partial charge in [-0.25, -0.2) is 4.39 Å². The zero-order chi connectivity index (χ0) is 13.8. The zero-order valence-corrected chi connectivity index (χ0v) is 12.3. The third-order valence-electron chi connectivity index (χ3n) is 3.49. The molecule has 1 N–H and O–H groups in total. The number of rotatable bonds is 4. The molecule has 0 fully saturated rings. The average molecular weight is 268 g/mol. The molecule has 18 heavy (non-hydrogen) atoms. The monoisotopic (exact) mass is 268 g/mol. The van der Waals surface area contributed by atoms with Crippen LogP contribution in [0.1, 0.15) is 33.6 Å². The molecule has 0 heterocycles. The Labute approximate surface area is 114 Å². The molecule has 4 heteroatoms. The van der Waals surface area contributed by atoms with Crippen LogP contribution in [0.4, 0.5) is 10.1 Å². The molecule has 0 radical (unpaired) electrons. The van der Waals surface area contributed by atoms with Crippen LogP contribution in [0.15, 0.2) is 24.3 Å². The molecule has 0 amide bonds. The zero-order valence-electron chi connectivity index (χ0n) is 11.5. The molecule has 1 aromatic carbocycles. The van der Waals surface area contributed by atoms with Crippen molar-refractivity contribution in [2.75, 3.05) is 11.9 Å². The van der Waals surface area contributed by atoms with Crippen LogP contribution in [-0.2, 0) is 0 Å². The van der Waals surface area contributed by atoms with E-state index in [9.17, 15) is 4.39 Å². The van der Waals surface area contributed by atoms with Gasteiger partial charge in [0.1, 0.15) is 5.82 Å². The van der Waals surface area contributed by atoms with Gasteiger partial charge in [-0.15, -0.1) is 0 Å². The van der Waals surface area contributed by atoms with Gasteiger partial charge < -0.3 is 10.2 Å². The van der Waals surface area contributed by atoms with Crippen molar-refractivity contribution in [1.82, 2.24) is 5.32 Å². The number of halogens is 1. The number of nitrogens with zero attached hydrogens (tertiary/aromatic N) is 1. The highest BCUT2D eigenvalue weighted by molar-refractivity contribution is 7.80. The lowest BCUT2D eigenvalue weighted by Gasteiger charge is -2.33. The standard InChI is InChI=1S/C14H21FN2S/c1-5-14(3,6-2)16-13(18)17(4)12-9-7-11(15)8-10-12/h7-10H,5-6H2,1-4H3,(H,16,18). The quantitative estimate of drug-likeness (QED) is 0.838. The molecule has 0 spiro atoms. The second-order valence-corrected chi connectivity index (χ2v) is 5.12. The molecule has 0 saturated carbocycles. The van der Waals surface area contributed by atoms with Crippen LogP contribution in [0, 0.1) is 5.82 Å². The lowest BCUT2D eigenvalue weighted by molar-refractivity contribution is 0.389. The molecule has 1 aromatic rings. The Balaban J connectivity index is 2.75. The van der Waals surface area contributed by atoms with Gasteiger partial charge in [0, 0.05) is 18.3 Å². The molecule has 0 atom stereocenters. The van der Waals surface area contributed by atoms with E-state index in [2.05, 4.69) is 26.1 Å². The minimum atomic E-state index is -0.238. The SMILES string of the molecule is CCC(C)(CC)NC(=S)N(C)c1ccc(F)cc1. The number of nitrogens with one attached hydrogen (secondary N) is 1. The van der Waals surface area contributed by atoms with Crippen molar-refractivity contribution in [2.24, 2.45) is 0 Å². The fourth-order valence-electron chi connectivity index (χ4n) is 1.55. The first-order valence-electron chi connectivity index (χ1n) is 6.23. The highest BCUT2D eigenvalue weighted by Crippen LogP contribution is 2.17. The molecule has 1 rings (SSSR count). The van der Waals surface area contributed by atoms with Crippen LogP contribution in [0.3, 0.4) is 0 Å². The van der Waals surface area contributed by atoms with Crippen LogP contribution < -0.4 is 10.2 Å². The van der Waals surface area contributed by atoms with E-state index in [1.54, 1.807) is 12.1 Å². The largest absolute Gasteiger partial charge is 0.357 e. The molecular formula is C14H21FN2S. The lowest BCUT2D eigenvalue weighted by Crippen LogP contribution is -2.50. The van der Waals surface area contributed by atoms with Gasteiger partial charge in [-0.3, -0.25) is 0 Å². The van der Waals surface area contributed by atoms with Crippen LogP contribution in [-0.4, -0.2) is 17.7 Å². The Bertz CT molecular complexity index is 399. The van der Waals surface area contributed by atoms with E-state index in [1.165, 1.54) is 12.1 Å². The van der Waals surface area contributed by atoms with Gasteiger partial charge in [-0.1, -0.05) is 13.8 Å². The van der Waals surface area contributed by atoms with E-state index >= 15 is 0 Å². The molecule has 2 nitrogen and oxygen atoms in total. The molecule has 0 saturated heterocycles. The second-order valence-electron chi connectivity index (χ2n) is 4.73. The number of hydrogen-bond acceptors (Lipinski definition) is 1. The minimum Gasteiger partial charge on any atom is -0.357 e. The predicted molar refractivity (Wildman–Crippen MR) is 79.5 cm³/mol. The van der Waals surface area contributed by atoms with Gasteiger partial charge >= 0.3 is 0 Å². The Morgan fingerprint density at radius 3 is 2.22 bits per heavy atom. The molecule has 0 aliphatic heterocycles. The third-order valence-corrected chi connectivity index (χ3v) is 3.86. The number of anilines is 1. The lowest BCUT2D eigenvalue weighted by atomic mass is 9.96. The molecular weight excluding hydrogens is 247 g/mol. The van der Waals surface area contributed by atoms with Crippen molar-refractivity contribution >= 4 is 23.0 Å². The van der Waals surface area contributed by atoms with E-state index in [0.29, 0.717) is 5.11 Å². The molecule has 0 aromatic heterocycles. The van der Waals surface area contributed by atoms with Crippen molar-refractivity contribution in [3.8, 4) is 0 Å². The summed E-state index contributed by atoms with van der Waals surface area (Å²) in [5.41, 5.74) is 0.884. The van der Waals surface area contributed by atoms with Crippen molar-refractivity contribution < 1.29 is 4.39 Å². The first-order valence-corrected chi connectivity index (χ1v) is 6.64. The van der Waals surface area contributed by atoms with E-state index in [1.807, 2.05) is 11.9 Å². The minimum absolute atomic E-state index is 0.00533. The summed E-state index contributed by atoms with van der Waals surface area (Å²) < 4.78 is 12.9. The number of benzene rings is 1. The fourth-order valence-corrected chi connectivity index (χ4v) is 1.90. The van der Waals surface area contributed by atoms with Gasteiger partial charge in [0.2, 0.25) is 0 Å². The summed E-state index contributed by atoms with van der Waals surface area (Å²) >= 11 is 5.39. The molecule has 0 unspecified atom stereocenters. The summed E-state index contributed by atoms with van der Waals surface area (Å²) in [7, 11) is 1.88. The molecule has 0 aliphatic rings. The maximum absolute atomic E-state index is 12.9. The maximum Gasteiger partial charge on any atom is 0.173 e. The van der Waals surface area contributed by atoms with Crippen LogP contribution >= 0.6 is 12.2 Å². The van der Waals surface area contributed by atoms with Crippen LogP contribution in [0.5, 0.6) is 0 Å². The highest BCUT2D eigenvalue weighted by Gasteiger charge is 2.21. The Kier molecular flexibility index (Phi) is 5.08. The van der Waals surface area contributed by atoms with E-state index < -0.39 is 0 Å². The number of thiocarbonyl (C=S) groups is 1. The Hall–Kier alpha value is -1.16. The molecule has 0 bridgehead atoms. The summed E-state index contributed by atoms with van der Waals surface area (Å²) in [6, 6.07) is 6.32. The first kappa shape index (κ1) is 14.9. The summed E-state index contributed by atoms with van der Waals surface area (Å²) in [4.78, 5) is 1.86. The summed E-state index contributed by atoms with van der Waals surface area (Å²) in [6.07, 6.45) is 2.00. The van der Waals surface area contributed by atoms with Crippen LogP contribution in [0.2, 0.25) is 0 Å². The van der Waals surface area contributed by atoms with Crippen molar-refractivity contribution in [3.05, 3.63) is 30.1 Å². The Morgan fingerprint density at radius 2 is 1.78 bits per heavy atom. The van der Waals surface area contributed by atoms with Gasteiger partial charge in [0.05, 0.1) is 0 Å². The van der Waals surface area contributed by atoms with Gasteiger partial charge in [-0.2, -0.15) is 0 Å². The molecule has 0 aliphatic carbocycles. The van der Waals surface area contributed by atoms with Gasteiger partial charge in [0.25, 0.3) is 0 Å². The van der Waals surface area contributed by atoms with Gasteiger partial charge in [0.15, 0.2) is 5.11 Å².